The zero-order valence-electron chi connectivity index (χ0n) is 15.4. The molecule has 0 heterocycles. The van der Waals surface area contributed by atoms with Crippen molar-refractivity contribution in [3.05, 3.63) is 106 Å². The molecule has 0 aliphatic carbocycles. The molecule has 130 valence electrons. The van der Waals surface area contributed by atoms with E-state index in [1.165, 1.54) is 0 Å². The van der Waals surface area contributed by atoms with Crippen molar-refractivity contribution in [2.45, 2.75) is 27.2 Å². The maximum atomic E-state index is 12.9. The summed E-state index contributed by atoms with van der Waals surface area (Å²) in [4.78, 5) is 25.7. The Morgan fingerprint density at radius 3 is 1.35 bits per heavy atom. The summed E-state index contributed by atoms with van der Waals surface area (Å²) in [6.45, 7) is 6.00. The molecule has 0 bridgehead atoms. The van der Waals surface area contributed by atoms with E-state index in [9.17, 15) is 9.59 Å². The molecule has 0 aromatic heterocycles. The van der Waals surface area contributed by atoms with Gasteiger partial charge in [0, 0.05) is 22.3 Å². The molecule has 0 fully saturated rings. The van der Waals surface area contributed by atoms with E-state index >= 15 is 0 Å². The van der Waals surface area contributed by atoms with E-state index in [-0.39, 0.29) is 11.6 Å². The Balaban J connectivity index is 2.01. The monoisotopic (exact) mass is 342 g/mol. The second-order valence-electron chi connectivity index (χ2n) is 6.66. The summed E-state index contributed by atoms with van der Waals surface area (Å²) in [5, 5.41) is 0. The average molecular weight is 342 g/mol. The van der Waals surface area contributed by atoms with Gasteiger partial charge >= 0.3 is 0 Å². The van der Waals surface area contributed by atoms with Crippen molar-refractivity contribution in [3.8, 4) is 0 Å². The molecule has 0 spiro atoms. The topological polar surface area (TPSA) is 34.1 Å². The number of carbonyl (C=O) groups excluding carboxylic acids is 2. The molecule has 2 heteroatoms. The summed E-state index contributed by atoms with van der Waals surface area (Å²) in [5.41, 5.74) is 5.60. The molecule has 0 amide bonds. The third kappa shape index (κ3) is 3.80. The maximum absolute atomic E-state index is 12.9. The van der Waals surface area contributed by atoms with Crippen LogP contribution in [0.25, 0.3) is 0 Å². The largest absolute Gasteiger partial charge is 0.289 e. The number of carbonyl (C=O) groups is 2. The minimum atomic E-state index is -0.0572. The predicted octanol–water partition coefficient (Wildman–Crippen LogP) is 5.33. The van der Waals surface area contributed by atoms with Crippen LogP contribution in [0.3, 0.4) is 0 Å². The lowest BCUT2D eigenvalue weighted by molar-refractivity contribution is 0.103. The van der Waals surface area contributed by atoms with Gasteiger partial charge in [-0.2, -0.15) is 0 Å². The number of hydrogen-bond donors (Lipinski definition) is 0. The van der Waals surface area contributed by atoms with Crippen molar-refractivity contribution >= 4 is 11.6 Å². The van der Waals surface area contributed by atoms with Gasteiger partial charge < -0.3 is 0 Å². The highest BCUT2D eigenvalue weighted by Crippen LogP contribution is 2.19. The lowest BCUT2D eigenvalue weighted by atomic mass is 9.94. The van der Waals surface area contributed by atoms with Gasteiger partial charge in [0.1, 0.15) is 0 Å². The Morgan fingerprint density at radius 1 is 0.615 bits per heavy atom. The van der Waals surface area contributed by atoms with Crippen molar-refractivity contribution in [2.75, 3.05) is 0 Å². The van der Waals surface area contributed by atoms with Crippen LogP contribution in [0.15, 0.2) is 66.7 Å². The molecule has 26 heavy (non-hydrogen) atoms. The molecule has 0 saturated carbocycles. The highest BCUT2D eigenvalue weighted by Gasteiger charge is 2.15. The molecule has 0 unspecified atom stereocenters. The van der Waals surface area contributed by atoms with Gasteiger partial charge in [0.2, 0.25) is 0 Å². The zero-order chi connectivity index (χ0) is 18.7. The molecule has 0 aliphatic heterocycles. The van der Waals surface area contributed by atoms with Gasteiger partial charge in [-0.15, -0.1) is 0 Å². The number of aryl methyl sites for hydroxylation is 3. The number of rotatable bonds is 5. The highest BCUT2D eigenvalue weighted by molar-refractivity contribution is 6.13. The van der Waals surface area contributed by atoms with Gasteiger partial charge in [-0.3, -0.25) is 9.59 Å². The molecular weight excluding hydrogens is 320 g/mol. The molecule has 0 N–H and O–H groups in total. The summed E-state index contributed by atoms with van der Waals surface area (Å²) < 4.78 is 0. The van der Waals surface area contributed by atoms with E-state index in [1.54, 1.807) is 6.07 Å². The molecule has 3 aromatic carbocycles. The van der Waals surface area contributed by atoms with Gasteiger partial charge in [-0.05, 0) is 44.0 Å². The normalized spacial score (nSPS) is 10.6. The van der Waals surface area contributed by atoms with Gasteiger partial charge in [0.25, 0.3) is 0 Å². The van der Waals surface area contributed by atoms with Crippen LogP contribution in [0.1, 0.15) is 55.5 Å². The Kier molecular flexibility index (Phi) is 5.13. The lowest BCUT2D eigenvalue weighted by Gasteiger charge is -2.09. The lowest BCUT2D eigenvalue weighted by Crippen LogP contribution is -2.07. The van der Waals surface area contributed by atoms with Crippen LogP contribution in [0, 0.1) is 13.8 Å². The predicted molar refractivity (Wildman–Crippen MR) is 105 cm³/mol. The Labute approximate surface area is 154 Å². The van der Waals surface area contributed by atoms with Gasteiger partial charge in [-0.1, -0.05) is 66.6 Å². The van der Waals surface area contributed by atoms with E-state index in [1.807, 2.05) is 81.4 Å². The highest BCUT2D eigenvalue weighted by atomic mass is 16.1. The second-order valence-corrected chi connectivity index (χ2v) is 6.66. The molecular formula is C24H22O2. The first kappa shape index (κ1) is 17.8. The fraction of sp³-hybridized carbons (Fsp3) is 0.167. The number of ketones is 2. The van der Waals surface area contributed by atoms with Crippen molar-refractivity contribution < 1.29 is 9.59 Å². The average Bonchev–Trinajstić information content (AvgIpc) is 2.67. The van der Waals surface area contributed by atoms with Crippen LogP contribution in [0.4, 0.5) is 0 Å². The quantitative estimate of drug-likeness (QED) is 0.587. The Bertz CT molecular complexity index is 873. The van der Waals surface area contributed by atoms with E-state index in [4.69, 9.17) is 0 Å². The Morgan fingerprint density at radius 2 is 1.00 bits per heavy atom. The molecule has 0 aliphatic rings. The van der Waals surface area contributed by atoms with Gasteiger partial charge in [0.15, 0.2) is 11.6 Å². The van der Waals surface area contributed by atoms with Crippen molar-refractivity contribution in [2.24, 2.45) is 0 Å². The first-order chi connectivity index (χ1) is 12.5. The SMILES string of the molecule is CCc1cc(C(=O)c2ccc(C)cc2)cc(C(=O)c2ccc(C)cc2)c1. The molecule has 2 nitrogen and oxygen atoms in total. The second kappa shape index (κ2) is 7.49. The summed E-state index contributed by atoms with van der Waals surface area (Å²) in [7, 11) is 0. The summed E-state index contributed by atoms with van der Waals surface area (Å²) in [5.74, 6) is -0.114. The minimum Gasteiger partial charge on any atom is -0.289 e. The van der Waals surface area contributed by atoms with Crippen LogP contribution in [-0.2, 0) is 6.42 Å². The smallest absolute Gasteiger partial charge is 0.193 e. The fourth-order valence-corrected chi connectivity index (χ4v) is 2.90. The van der Waals surface area contributed by atoms with E-state index in [0.717, 1.165) is 23.1 Å². The van der Waals surface area contributed by atoms with Crippen LogP contribution in [0.5, 0.6) is 0 Å². The summed E-state index contributed by atoms with van der Waals surface area (Å²) in [6, 6.07) is 20.5. The minimum absolute atomic E-state index is 0.0572. The molecule has 0 radical (unpaired) electrons. The van der Waals surface area contributed by atoms with Gasteiger partial charge in [0.05, 0.1) is 0 Å². The molecule has 0 saturated heterocycles. The number of benzene rings is 3. The van der Waals surface area contributed by atoms with Crippen molar-refractivity contribution in [1.82, 2.24) is 0 Å². The van der Waals surface area contributed by atoms with E-state index in [0.29, 0.717) is 22.3 Å². The van der Waals surface area contributed by atoms with Crippen molar-refractivity contribution in [3.63, 3.8) is 0 Å². The summed E-state index contributed by atoms with van der Waals surface area (Å²) in [6.07, 6.45) is 0.767. The Hall–Kier alpha value is -3.00. The summed E-state index contributed by atoms with van der Waals surface area (Å²) >= 11 is 0. The first-order valence-corrected chi connectivity index (χ1v) is 8.84. The van der Waals surface area contributed by atoms with E-state index < -0.39 is 0 Å². The van der Waals surface area contributed by atoms with Crippen LogP contribution < -0.4 is 0 Å². The van der Waals surface area contributed by atoms with E-state index in [2.05, 4.69) is 0 Å². The van der Waals surface area contributed by atoms with Gasteiger partial charge in [-0.25, -0.2) is 0 Å². The van der Waals surface area contributed by atoms with Crippen LogP contribution >= 0.6 is 0 Å². The molecule has 3 aromatic rings. The maximum Gasteiger partial charge on any atom is 0.193 e. The third-order valence-electron chi connectivity index (χ3n) is 4.55. The zero-order valence-corrected chi connectivity index (χ0v) is 15.4. The van der Waals surface area contributed by atoms with Crippen LogP contribution in [0.2, 0.25) is 0 Å². The van der Waals surface area contributed by atoms with Crippen LogP contribution in [-0.4, -0.2) is 11.6 Å². The molecule has 3 rings (SSSR count). The number of hydrogen-bond acceptors (Lipinski definition) is 2. The third-order valence-corrected chi connectivity index (χ3v) is 4.55. The standard InChI is InChI=1S/C24H22O2/c1-4-18-13-21(23(25)19-9-5-16(2)6-10-19)15-22(14-18)24(26)20-11-7-17(3)8-12-20/h5-15H,4H2,1-3H3. The fourth-order valence-electron chi connectivity index (χ4n) is 2.90. The van der Waals surface area contributed by atoms with Crippen molar-refractivity contribution in [1.29, 1.82) is 0 Å². The first-order valence-electron chi connectivity index (χ1n) is 8.84. The molecule has 0 atom stereocenters.